The van der Waals surface area contributed by atoms with E-state index in [9.17, 15) is 0 Å². The van der Waals surface area contributed by atoms with Crippen molar-refractivity contribution in [1.82, 2.24) is 5.32 Å². The molecule has 0 fully saturated rings. The lowest BCUT2D eigenvalue weighted by Gasteiger charge is -2.20. The second kappa shape index (κ2) is 5.74. The number of aryl methyl sites for hydroxylation is 1. The van der Waals surface area contributed by atoms with Crippen LogP contribution in [-0.2, 0) is 6.42 Å². The number of benzene rings is 1. The minimum atomic E-state index is 0.587. The minimum absolute atomic E-state index is 0.587. The molecule has 1 aliphatic rings. The van der Waals surface area contributed by atoms with Crippen molar-refractivity contribution in [3.8, 4) is 0 Å². The van der Waals surface area contributed by atoms with Crippen molar-refractivity contribution >= 4 is 11.8 Å². The van der Waals surface area contributed by atoms with Crippen LogP contribution in [0.1, 0.15) is 37.4 Å². The first-order chi connectivity index (χ1) is 7.81. The summed E-state index contributed by atoms with van der Waals surface area (Å²) in [6, 6.07) is 10.1. The highest BCUT2D eigenvalue weighted by atomic mass is 32.2. The summed E-state index contributed by atoms with van der Waals surface area (Å²) < 4.78 is 0. The average molecular weight is 235 g/mol. The quantitative estimate of drug-likeness (QED) is 0.839. The van der Waals surface area contributed by atoms with Crippen LogP contribution in [0.25, 0.3) is 0 Å². The van der Waals surface area contributed by atoms with Crippen LogP contribution in [-0.4, -0.2) is 17.5 Å². The van der Waals surface area contributed by atoms with Gasteiger partial charge in [0.05, 0.1) is 0 Å². The predicted molar refractivity (Wildman–Crippen MR) is 73.1 cm³/mol. The first-order valence-corrected chi connectivity index (χ1v) is 7.38. The lowest BCUT2D eigenvalue weighted by molar-refractivity contribution is 0.479. The molecule has 0 aliphatic heterocycles. The molecule has 0 saturated carbocycles. The molecule has 0 radical (unpaired) electrons. The molecular formula is C14H21NS. The summed E-state index contributed by atoms with van der Waals surface area (Å²) in [5, 5.41) is 3.75. The van der Waals surface area contributed by atoms with Gasteiger partial charge in [0.1, 0.15) is 0 Å². The third-order valence-corrected chi connectivity index (χ3v) is 4.33. The summed E-state index contributed by atoms with van der Waals surface area (Å²) in [5.41, 5.74) is 3.06. The second-order valence-electron chi connectivity index (χ2n) is 4.52. The Bertz CT molecular complexity index is 337. The maximum atomic E-state index is 3.75. The molecule has 1 nitrogen and oxygen atoms in total. The molecule has 1 aromatic carbocycles. The SMILES string of the molecule is CCSCC(C)NC1CCc2ccccc21. The van der Waals surface area contributed by atoms with E-state index in [1.54, 1.807) is 0 Å². The monoisotopic (exact) mass is 235 g/mol. The van der Waals surface area contributed by atoms with Crippen LogP contribution in [0.5, 0.6) is 0 Å². The molecule has 0 aromatic heterocycles. The van der Waals surface area contributed by atoms with Crippen LogP contribution in [0.3, 0.4) is 0 Å². The van der Waals surface area contributed by atoms with E-state index < -0.39 is 0 Å². The number of hydrogen-bond donors (Lipinski definition) is 1. The van der Waals surface area contributed by atoms with Crippen LogP contribution in [0.4, 0.5) is 0 Å². The van der Waals surface area contributed by atoms with E-state index in [-0.39, 0.29) is 0 Å². The first kappa shape index (κ1) is 12.0. The standard InChI is InChI=1S/C14H21NS/c1-3-16-10-11(2)15-14-9-8-12-6-4-5-7-13(12)14/h4-7,11,14-15H,3,8-10H2,1-2H3. The molecule has 0 bridgehead atoms. The van der Waals surface area contributed by atoms with E-state index in [1.807, 2.05) is 11.8 Å². The largest absolute Gasteiger partial charge is 0.307 e. The Balaban J connectivity index is 1.92. The van der Waals surface area contributed by atoms with Crippen LogP contribution >= 0.6 is 11.8 Å². The lowest BCUT2D eigenvalue weighted by Crippen LogP contribution is -2.31. The number of thioether (sulfide) groups is 1. The van der Waals surface area contributed by atoms with Gasteiger partial charge in [0.2, 0.25) is 0 Å². The number of hydrogen-bond acceptors (Lipinski definition) is 2. The summed E-state index contributed by atoms with van der Waals surface area (Å²) in [7, 11) is 0. The molecular weight excluding hydrogens is 214 g/mol. The predicted octanol–water partition coefficient (Wildman–Crippen LogP) is 3.41. The normalized spacial score (nSPS) is 20.8. The highest BCUT2D eigenvalue weighted by molar-refractivity contribution is 7.99. The zero-order valence-electron chi connectivity index (χ0n) is 10.2. The molecule has 1 aromatic rings. The molecule has 0 heterocycles. The van der Waals surface area contributed by atoms with Crippen LogP contribution in [0, 0.1) is 0 Å². The van der Waals surface area contributed by atoms with Gasteiger partial charge in [-0.3, -0.25) is 0 Å². The van der Waals surface area contributed by atoms with Gasteiger partial charge in [0.25, 0.3) is 0 Å². The maximum Gasteiger partial charge on any atom is 0.0328 e. The van der Waals surface area contributed by atoms with Gasteiger partial charge in [0, 0.05) is 17.8 Å². The van der Waals surface area contributed by atoms with E-state index in [4.69, 9.17) is 0 Å². The van der Waals surface area contributed by atoms with Gasteiger partial charge in [-0.25, -0.2) is 0 Å². The summed E-state index contributed by atoms with van der Waals surface area (Å²) in [5.74, 6) is 2.43. The Morgan fingerprint density at radius 2 is 2.25 bits per heavy atom. The van der Waals surface area contributed by atoms with Gasteiger partial charge in [-0.15, -0.1) is 0 Å². The molecule has 2 rings (SSSR count). The Morgan fingerprint density at radius 1 is 1.44 bits per heavy atom. The number of fused-ring (bicyclic) bond motifs is 1. The Morgan fingerprint density at radius 3 is 3.06 bits per heavy atom. The number of rotatable bonds is 5. The molecule has 1 aliphatic carbocycles. The van der Waals surface area contributed by atoms with Crippen molar-refractivity contribution in [2.75, 3.05) is 11.5 Å². The summed E-state index contributed by atoms with van der Waals surface area (Å²) >= 11 is 2.02. The van der Waals surface area contributed by atoms with Crippen molar-refractivity contribution in [2.45, 2.75) is 38.8 Å². The fraction of sp³-hybridized carbons (Fsp3) is 0.571. The van der Waals surface area contributed by atoms with Crippen molar-refractivity contribution < 1.29 is 0 Å². The van der Waals surface area contributed by atoms with Gasteiger partial charge >= 0.3 is 0 Å². The first-order valence-electron chi connectivity index (χ1n) is 6.23. The van der Waals surface area contributed by atoms with Crippen molar-refractivity contribution in [3.05, 3.63) is 35.4 Å². The fourth-order valence-electron chi connectivity index (χ4n) is 2.42. The van der Waals surface area contributed by atoms with Gasteiger partial charge in [-0.05, 0) is 36.6 Å². The maximum absolute atomic E-state index is 3.75. The van der Waals surface area contributed by atoms with E-state index in [2.05, 4.69) is 43.4 Å². The molecule has 2 heteroatoms. The fourth-order valence-corrected chi connectivity index (χ4v) is 3.10. The topological polar surface area (TPSA) is 12.0 Å². The second-order valence-corrected chi connectivity index (χ2v) is 5.84. The third kappa shape index (κ3) is 2.80. The summed E-state index contributed by atoms with van der Waals surface area (Å²) in [6.45, 7) is 4.52. The average Bonchev–Trinajstić information content (AvgIpc) is 2.70. The molecule has 2 unspecified atom stereocenters. The molecule has 16 heavy (non-hydrogen) atoms. The van der Waals surface area contributed by atoms with Crippen LogP contribution in [0.15, 0.2) is 24.3 Å². The Labute approximate surface area is 103 Å². The van der Waals surface area contributed by atoms with E-state index in [0.29, 0.717) is 12.1 Å². The lowest BCUT2D eigenvalue weighted by atomic mass is 10.1. The van der Waals surface area contributed by atoms with E-state index in [0.717, 1.165) is 0 Å². The highest BCUT2D eigenvalue weighted by Gasteiger charge is 2.22. The molecule has 1 N–H and O–H groups in total. The van der Waals surface area contributed by atoms with Gasteiger partial charge in [0.15, 0.2) is 0 Å². The zero-order valence-corrected chi connectivity index (χ0v) is 11.0. The Hall–Kier alpha value is -0.470. The summed E-state index contributed by atoms with van der Waals surface area (Å²) in [6.07, 6.45) is 2.50. The highest BCUT2D eigenvalue weighted by Crippen LogP contribution is 2.31. The van der Waals surface area contributed by atoms with Crippen molar-refractivity contribution in [2.24, 2.45) is 0 Å². The molecule has 88 valence electrons. The molecule has 0 spiro atoms. The molecule has 0 amide bonds. The number of nitrogens with one attached hydrogen (secondary N) is 1. The van der Waals surface area contributed by atoms with Crippen molar-refractivity contribution in [1.29, 1.82) is 0 Å². The van der Waals surface area contributed by atoms with Crippen LogP contribution in [0.2, 0.25) is 0 Å². The smallest absolute Gasteiger partial charge is 0.0328 e. The molecule has 0 saturated heterocycles. The Kier molecular flexibility index (Phi) is 4.30. The third-order valence-electron chi connectivity index (χ3n) is 3.19. The van der Waals surface area contributed by atoms with Gasteiger partial charge < -0.3 is 5.32 Å². The minimum Gasteiger partial charge on any atom is -0.307 e. The van der Waals surface area contributed by atoms with Crippen molar-refractivity contribution in [3.63, 3.8) is 0 Å². The van der Waals surface area contributed by atoms with Gasteiger partial charge in [-0.1, -0.05) is 31.2 Å². The van der Waals surface area contributed by atoms with Crippen LogP contribution < -0.4 is 5.32 Å². The summed E-state index contributed by atoms with van der Waals surface area (Å²) in [4.78, 5) is 0. The van der Waals surface area contributed by atoms with E-state index in [1.165, 1.54) is 35.5 Å². The zero-order chi connectivity index (χ0) is 11.4. The van der Waals surface area contributed by atoms with E-state index >= 15 is 0 Å². The van der Waals surface area contributed by atoms with Gasteiger partial charge in [-0.2, -0.15) is 11.8 Å². The molecule has 2 atom stereocenters.